The van der Waals surface area contributed by atoms with Crippen molar-refractivity contribution in [2.24, 2.45) is 5.73 Å². The smallest absolute Gasteiger partial charge is 0.0273 e. The Morgan fingerprint density at radius 2 is 2.50 bits per heavy atom. The predicted molar refractivity (Wildman–Crippen MR) is 36.9 cm³/mol. The van der Waals surface area contributed by atoms with Gasteiger partial charge in [0.1, 0.15) is 0 Å². The first kappa shape index (κ1) is 5.79. The van der Waals surface area contributed by atoms with Crippen molar-refractivity contribution in [3.8, 4) is 0 Å². The highest BCUT2D eigenvalue weighted by Crippen LogP contribution is 2.11. The van der Waals surface area contributed by atoms with Gasteiger partial charge in [-0.25, -0.2) is 0 Å². The van der Waals surface area contributed by atoms with Crippen LogP contribution in [-0.4, -0.2) is 0 Å². The van der Waals surface area contributed by atoms with Crippen LogP contribution in [0.2, 0.25) is 0 Å². The number of hydrogen-bond donors (Lipinski definition) is 1. The van der Waals surface area contributed by atoms with Crippen molar-refractivity contribution in [1.29, 1.82) is 0 Å². The molecule has 0 aliphatic heterocycles. The Morgan fingerprint density at radius 1 is 1.75 bits per heavy atom. The summed E-state index contributed by atoms with van der Waals surface area (Å²) in [6.45, 7) is 2.76. The van der Waals surface area contributed by atoms with E-state index in [9.17, 15) is 0 Å². The molecule has 0 aliphatic rings. The minimum absolute atomic E-state index is 0.679. The van der Waals surface area contributed by atoms with Crippen molar-refractivity contribution in [3.05, 3.63) is 21.9 Å². The average molecular weight is 127 g/mol. The molecule has 0 atom stereocenters. The zero-order chi connectivity index (χ0) is 5.98. The quantitative estimate of drug-likeness (QED) is 0.608. The molecule has 8 heavy (non-hydrogen) atoms. The van der Waals surface area contributed by atoms with E-state index in [1.54, 1.807) is 11.3 Å². The topological polar surface area (TPSA) is 26.0 Å². The van der Waals surface area contributed by atoms with Crippen molar-refractivity contribution in [2.45, 2.75) is 13.5 Å². The van der Waals surface area contributed by atoms with Crippen molar-refractivity contribution in [1.82, 2.24) is 0 Å². The Labute approximate surface area is 53.1 Å². The molecule has 0 fully saturated rings. The Balaban J connectivity index is 2.84. The first-order chi connectivity index (χ1) is 3.83. The van der Waals surface area contributed by atoms with Crippen LogP contribution in [0.3, 0.4) is 0 Å². The molecule has 0 unspecified atom stereocenters. The Kier molecular flexibility index (Phi) is 1.65. The van der Waals surface area contributed by atoms with Crippen molar-refractivity contribution in [2.75, 3.05) is 0 Å². The highest BCUT2D eigenvalue weighted by atomic mass is 32.1. The molecule has 1 aromatic rings. The van der Waals surface area contributed by atoms with Crippen molar-refractivity contribution >= 4 is 11.3 Å². The zero-order valence-corrected chi connectivity index (χ0v) is 5.66. The molecular formula is C6H9NS. The van der Waals surface area contributed by atoms with Crippen LogP contribution in [0.4, 0.5) is 0 Å². The molecule has 44 valence electrons. The van der Waals surface area contributed by atoms with Gasteiger partial charge in [0, 0.05) is 11.4 Å². The number of hydrogen-bond acceptors (Lipinski definition) is 2. The maximum atomic E-state index is 5.37. The van der Waals surface area contributed by atoms with Gasteiger partial charge in [0.25, 0.3) is 0 Å². The molecule has 1 aromatic heterocycles. The molecule has 2 heteroatoms. The van der Waals surface area contributed by atoms with E-state index >= 15 is 0 Å². The van der Waals surface area contributed by atoms with Crippen molar-refractivity contribution in [3.63, 3.8) is 0 Å². The van der Waals surface area contributed by atoms with Gasteiger partial charge in [0.15, 0.2) is 0 Å². The normalized spacial score (nSPS) is 9.75. The van der Waals surface area contributed by atoms with Gasteiger partial charge in [-0.15, -0.1) is 11.3 Å². The molecule has 0 bridgehead atoms. The molecule has 0 aromatic carbocycles. The second kappa shape index (κ2) is 2.29. The summed E-state index contributed by atoms with van der Waals surface area (Å²) in [6, 6.07) is 2.12. The summed E-state index contributed by atoms with van der Waals surface area (Å²) in [4.78, 5) is 1.27. The lowest BCUT2D eigenvalue weighted by Crippen LogP contribution is -1.91. The Hall–Kier alpha value is -0.340. The molecule has 0 spiro atoms. The lowest BCUT2D eigenvalue weighted by molar-refractivity contribution is 1.10. The first-order valence-corrected chi connectivity index (χ1v) is 3.45. The molecule has 0 saturated heterocycles. The van der Waals surface area contributed by atoms with Crippen LogP contribution in [0.25, 0.3) is 0 Å². The highest BCUT2D eigenvalue weighted by molar-refractivity contribution is 7.10. The van der Waals surface area contributed by atoms with Gasteiger partial charge in [-0.3, -0.25) is 0 Å². The number of thiophene rings is 1. The Bertz CT molecular complexity index is 169. The van der Waals surface area contributed by atoms with E-state index in [1.807, 2.05) is 0 Å². The van der Waals surface area contributed by atoms with E-state index in [1.165, 1.54) is 10.4 Å². The minimum atomic E-state index is 0.679. The van der Waals surface area contributed by atoms with Crippen LogP contribution in [0.5, 0.6) is 0 Å². The van der Waals surface area contributed by atoms with Gasteiger partial charge in [-0.2, -0.15) is 0 Å². The lowest BCUT2D eigenvalue weighted by Gasteiger charge is -1.80. The predicted octanol–water partition coefficient (Wildman–Crippen LogP) is 1.52. The van der Waals surface area contributed by atoms with Gasteiger partial charge in [0.05, 0.1) is 0 Å². The third-order valence-electron chi connectivity index (χ3n) is 0.986. The summed E-state index contributed by atoms with van der Waals surface area (Å²) in [6.07, 6.45) is 0. The second-order valence-corrected chi connectivity index (χ2v) is 2.79. The lowest BCUT2D eigenvalue weighted by atomic mass is 10.3. The molecule has 1 nitrogen and oxygen atoms in total. The van der Waals surface area contributed by atoms with Gasteiger partial charge < -0.3 is 5.73 Å². The fraction of sp³-hybridized carbons (Fsp3) is 0.333. The summed E-state index contributed by atoms with van der Waals surface area (Å²) < 4.78 is 0. The number of rotatable bonds is 1. The standard InChI is InChI=1S/C6H9NS/c1-5-2-6(3-7)8-4-5/h2,4H,3,7H2,1H3. The number of aryl methyl sites for hydroxylation is 1. The SMILES string of the molecule is Cc1csc(CN)c1. The molecule has 0 aliphatic carbocycles. The molecule has 0 saturated carbocycles. The first-order valence-electron chi connectivity index (χ1n) is 2.57. The van der Waals surface area contributed by atoms with Crippen LogP contribution in [0, 0.1) is 6.92 Å². The van der Waals surface area contributed by atoms with Crippen LogP contribution >= 0.6 is 11.3 Å². The highest BCUT2D eigenvalue weighted by Gasteiger charge is 1.89. The fourth-order valence-electron chi connectivity index (χ4n) is 0.598. The molecular weight excluding hydrogens is 118 g/mol. The summed E-state index contributed by atoms with van der Waals surface area (Å²) >= 11 is 1.72. The van der Waals surface area contributed by atoms with Crippen LogP contribution < -0.4 is 5.73 Å². The summed E-state index contributed by atoms with van der Waals surface area (Å²) in [7, 11) is 0. The maximum Gasteiger partial charge on any atom is 0.0273 e. The fourth-order valence-corrected chi connectivity index (χ4v) is 1.35. The van der Waals surface area contributed by atoms with Crippen LogP contribution in [0.15, 0.2) is 11.4 Å². The summed E-state index contributed by atoms with van der Waals surface area (Å²) in [5.41, 5.74) is 6.69. The minimum Gasteiger partial charge on any atom is -0.326 e. The van der Waals surface area contributed by atoms with E-state index in [0.29, 0.717) is 6.54 Å². The van der Waals surface area contributed by atoms with Gasteiger partial charge in [0.2, 0.25) is 0 Å². The zero-order valence-electron chi connectivity index (χ0n) is 4.85. The maximum absolute atomic E-state index is 5.37. The third kappa shape index (κ3) is 1.08. The van der Waals surface area contributed by atoms with Gasteiger partial charge in [-0.1, -0.05) is 0 Å². The van der Waals surface area contributed by atoms with E-state index in [-0.39, 0.29) is 0 Å². The second-order valence-electron chi connectivity index (χ2n) is 1.79. The molecule has 2 N–H and O–H groups in total. The monoisotopic (exact) mass is 127 g/mol. The summed E-state index contributed by atoms with van der Waals surface area (Å²) in [5.74, 6) is 0. The molecule has 1 rings (SSSR count). The van der Waals surface area contributed by atoms with Gasteiger partial charge in [-0.05, 0) is 23.9 Å². The van der Waals surface area contributed by atoms with Gasteiger partial charge >= 0.3 is 0 Å². The average Bonchev–Trinajstić information content (AvgIpc) is 2.14. The van der Waals surface area contributed by atoms with E-state index in [0.717, 1.165) is 0 Å². The molecule has 1 heterocycles. The van der Waals surface area contributed by atoms with Crippen LogP contribution in [-0.2, 0) is 6.54 Å². The summed E-state index contributed by atoms with van der Waals surface area (Å²) in [5, 5.41) is 2.11. The van der Waals surface area contributed by atoms with E-state index in [4.69, 9.17) is 5.73 Å². The molecule has 0 amide bonds. The van der Waals surface area contributed by atoms with Crippen molar-refractivity contribution < 1.29 is 0 Å². The number of nitrogens with two attached hydrogens (primary N) is 1. The third-order valence-corrected chi connectivity index (χ3v) is 2.06. The molecule has 0 radical (unpaired) electrons. The van der Waals surface area contributed by atoms with Crippen LogP contribution in [0.1, 0.15) is 10.4 Å². The van der Waals surface area contributed by atoms with E-state index in [2.05, 4.69) is 18.4 Å². The largest absolute Gasteiger partial charge is 0.326 e. The van der Waals surface area contributed by atoms with E-state index < -0.39 is 0 Å². The Morgan fingerprint density at radius 3 is 2.75 bits per heavy atom.